The fourth-order valence-electron chi connectivity index (χ4n) is 4.13. The molecule has 0 spiro atoms. The first-order chi connectivity index (χ1) is 16.4. The van der Waals surface area contributed by atoms with Crippen molar-refractivity contribution in [2.24, 2.45) is 0 Å². The lowest BCUT2D eigenvalue weighted by Crippen LogP contribution is -2.16. The lowest BCUT2D eigenvalue weighted by molar-refractivity contribution is 0.102. The van der Waals surface area contributed by atoms with E-state index in [1.165, 1.54) is 16.4 Å². The molecule has 7 heteroatoms. The lowest BCUT2D eigenvalue weighted by atomic mass is 10.0. The molecule has 0 saturated heterocycles. The average molecular weight is 447 g/mol. The second-order valence-corrected chi connectivity index (χ2v) is 8.30. The van der Waals surface area contributed by atoms with Crippen molar-refractivity contribution in [2.45, 2.75) is 20.8 Å². The summed E-state index contributed by atoms with van der Waals surface area (Å²) in [4.78, 5) is 17.9. The summed E-state index contributed by atoms with van der Waals surface area (Å²) in [5, 5.41) is 17.9. The van der Waals surface area contributed by atoms with E-state index in [-0.39, 0.29) is 17.3 Å². The van der Waals surface area contributed by atoms with Crippen molar-refractivity contribution >= 4 is 22.6 Å². The van der Waals surface area contributed by atoms with Crippen molar-refractivity contribution in [2.75, 3.05) is 5.32 Å². The number of aryl methyl sites for hydroxylation is 3. The van der Waals surface area contributed by atoms with Crippen LogP contribution in [0.4, 0.5) is 5.82 Å². The van der Waals surface area contributed by atoms with Gasteiger partial charge in [0, 0.05) is 29.0 Å². The molecule has 2 aromatic carbocycles. The molecule has 0 bridgehead atoms. The molecular formula is C27H22N6O. The number of anilines is 1. The molecule has 7 nitrogen and oxygen atoms in total. The Bertz CT molecular complexity index is 1570. The van der Waals surface area contributed by atoms with Gasteiger partial charge in [0.25, 0.3) is 5.91 Å². The van der Waals surface area contributed by atoms with E-state index in [0.717, 1.165) is 27.7 Å². The number of carbonyl (C=O) groups excluding carboxylic acids is 1. The predicted molar refractivity (Wildman–Crippen MR) is 132 cm³/mol. The summed E-state index contributed by atoms with van der Waals surface area (Å²) in [6, 6.07) is 19.3. The van der Waals surface area contributed by atoms with Crippen LogP contribution in [-0.2, 0) is 0 Å². The van der Waals surface area contributed by atoms with Crippen molar-refractivity contribution in [3.8, 4) is 17.6 Å². The van der Waals surface area contributed by atoms with Gasteiger partial charge in [-0.2, -0.15) is 15.0 Å². The predicted octanol–water partition coefficient (Wildman–Crippen LogP) is 5.26. The largest absolute Gasteiger partial charge is 0.324 e. The van der Waals surface area contributed by atoms with E-state index >= 15 is 0 Å². The van der Waals surface area contributed by atoms with E-state index in [1.807, 2.05) is 61.1 Å². The van der Waals surface area contributed by atoms with Crippen molar-refractivity contribution in [1.29, 1.82) is 5.26 Å². The molecule has 0 saturated carbocycles. The maximum atomic E-state index is 13.0. The van der Waals surface area contributed by atoms with E-state index in [0.29, 0.717) is 11.4 Å². The Hall–Kier alpha value is -4.70. The number of nitrogens with one attached hydrogen (secondary N) is 1. The van der Waals surface area contributed by atoms with Gasteiger partial charge in [-0.25, -0.2) is 4.98 Å². The number of hydrogen-bond donors (Lipinski definition) is 1. The number of fused-ring (bicyclic) bond motifs is 1. The van der Waals surface area contributed by atoms with Crippen LogP contribution in [0.15, 0.2) is 73.2 Å². The Balaban J connectivity index is 1.51. The minimum absolute atomic E-state index is 0.262. The van der Waals surface area contributed by atoms with Crippen LogP contribution in [-0.4, -0.2) is 25.2 Å². The quantitative estimate of drug-likeness (QED) is 0.408. The highest BCUT2D eigenvalue weighted by molar-refractivity contribution is 6.04. The Morgan fingerprint density at radius 1 is 1.00 bits per heavy atom. The Morgan fingerprint density at radius 2 is 1.74 bits per heavy atom. The molecule has 1 amide bonds. The number of hydrogen-bond acceptors (Lipinski definition) is 4. The molecule has 34 heavy (non-hydrogen) atoms. The van der Waals surface area contributed by atoms with E-state index in [1.54, 1.807) is 12.1 Å². The normalized spacial score (nSPS) is 10.9. The highest BCUT2D eigenvalue weighted by Gasteiger charge is 2.18. The van der Waals surface area contributed by atoms with Crippen LogP contribution in [0.25, 0.3) is 22.4 Å². The molecule has 0 unspecified atom stereocenters. The van der Waals surface area contributed by atoms with Gasteiger partial charge in [0.2, 0.25) is 0 Å². The van der Waals surface area contributed by atoms with E-state index in [2.05, 4.69) is 35.5 Å². The number of pyridine rings is 1. The van der Waals surface area contributed by atoms with Crippen LogP contribution >= 0.6 is 0 Å². The third kappa shape index (κ3) is 3.71. The fourth-order valence-corrected chi connectivity index (χ4v) is 4.13. The zero-order chi connectivity index (χ0) is 23.8. The molecule has 0 fully saturated rings. The highest BCUT2D eigenvalue weighted by atomic mass is 16.1. The summed E-state index contributed by atoms with van der Waals surface area (Å²) >= 11 is 0. The van der Waals surface area contributed by atoms with Crippen LogP contribution in [0.5, 0.6) is 0 Å². The van der Waals surface area contributed by atoms with Gasteiger partial charge in [0.05, 0.1) is 11.7 Å². The molecule has 5 rings (SSSR count). The zero-order valence-corrected chi connectivity index (χ0v) is 19.1. The van der Waals surface area contributed by atoms with Gasteiger partial charge in [0.15, 0.2) is 11.6 Å². The average Bonchev–Trinajstić information content (AvgIpc) is 3.50. The molecule has 1 N–H and O–H groups in total. The summed E-state index contributed by atoms with van der Waals surface area (Å²) in [5.74, 6) is 0.497. The molecule has 3 heterocycles. The fraction of sp³-hybridized carbons (Fsp3) is 0.111. The maximum Gasteiger partial charge on any atom is 0.256 e. The monoisotopic (exact) mass is 446 g/mol. The highest BCUT2D eigenvalue weighted by Crippen LogP contribution is 2.27. The number of nitrogens with zero attached hydrogens (tertiary/aromatic N) is 5. The van der Waals surface area contributed by atoms with Crippen LogP contribution in [0.2, 0.25) is 0 Å². The second-order valence-electron chi connectivity index (χ2n) is 8.30. The first-order valence-electron chi connectivity index (χ1n) is 10.9. The standard InChI is InChI=1S/C27H22N6O/c1-17-12-19(3)25-23(13-17)18(2)14-24(30-25)33-26(21(15-28)16-29-33)31-27(34)20-6-8-22(9-7-20)32-10-4-5-11-32/h4-14,16H,1-3H3,(H,31,34). The number of aromatic nitrogens is 4. The van der Waals surface area contributed by atoms with E-state index in [4.69, 9.17) is 4.98 Å². The van der Waals surface area contributed by atoms with Gasteiger partial charge >= 0.3 is 0 Å². The number of carbonyl (C=O) groups is 1. The molecule has 5 aromatic rings. The van der Waals surface area contributed by atoms with Crippen LogP contribution in [0, 0.1) is 32.1 Å². The van der Waals surface area contributed by atoms with Gasteiger partial charge in [-0.3, -0.25) is 4.79 Å². The van der Waals surface area contributed by atoms with Gasteiger partial charge < -0.3 is 9.88 Å². The topological polar surface area (TPSA) is 88.5 Å². The van der Waals surface area contributed by atoms with Crippen molar-refractivity contribution in [3.63, 3.8) is 0 Å². The first-order valence-corrected chi connectivity index (χ1v) is 10.9. The van der Waals surface area contributed by atoms with Crippen molar-refractivity contribution < 1.29 is 4.79 Å². The summed E-state index contributed by atoms with van der Waals surface area (Å²) in [5.41, 5.74) is 5.82. The molecule has 0 atom stereocenters. The second kappa shape index (κ2) is 8.34. The summed E-state index contributed by atoms with van der Waals surface area (Å²) in [7, 11) is 0. The summed E-state index contributed by atoms with van der Waals surface area (Å²) < 4.78 is 3.47. The summed E-state index contributed by atoms with van der Waals surface area (Å²) in [6.07, 6.45) is 5.32. The first kappa shape index (κ1) is 21.2. The van der Waals surface area contributed by atoms with Crippen molar-refractivity contribution in [1.82, 2.24) is 19.3 Å². The molecular weight excluding hydrogens is 424 g/mol. The molecule has 166 valence electrons. The number of benzene rings is 2. The Morgan fingerprint density at radius 3 is 2.44 bits per heavy atom. The van der Waals surface area contributed by atoms with Crippen LogP contribution in [0.3, 0.4) is 0 Å². The zero-order valence-electron chi connectivity index (χ0n) is 19.1. The number of amides is 1. The van der Waals surface area contributed by atoms with Gasteiger partial charge in [-0.05, 0) is 80.4 Å². The van der Waals surface area contributed by atoms with Gasteiger partial charge in [-0.1, -0.05) is 11.6 Å². The SMILES string of the molecule is Cc1cc(C)c2nc(-n3ncc(C#N)c3NC(=O)c3ccc(-n4cccc4)cc3)cc(C)c2c1. The smallest absolute Gasteiger partial charge is 0.256 e. The Kier molecular flexibility index (Phi) is 5.19. The van der Waals surface area contributed by atoms with E-state index in [9.17, 15) is 10.1 Å². The Labute approximate surface area is 196 Å². The molecule has 3 aromatic heterocycles. The van der Waals surface area contributed by atoms with Crippen molar-refractivity contribution in [3.05, 3.63) is 101 Å². The van der Waals surface area contributed by atoms with E-state index < -0.39 is 0 Å². The summed E-state index contributed by atoms with van der Waals surface area (Å²) in [6.45, 7) is 6.10. The maximum absolute atomic E-state index is 13.0. The minimum Gasteiger partial charge on any atom is -0.324 e. The molecule has 0 radical (unpaired) electrons. The molecule has 0 aliphatic carbocycles. The minimum atomic E-state index is -0.332. The molecule has 0 aliphatic rings. The van der Waals surface area contributed by atoms with Crippen LogP contribution in [0.1, 0.15) is 32.6 Å². The van der Waals surface area contributed by atoms with Gasteiger partial charge in [-0.15, -0.1) is 0 Å². The number of nitriles is 1. The van der Waals surface area contributed by atoms with Gasteiger partial charge in [0.1, 0.15) is 11.6 Å². The number of rotatable bonds is 4. The molecule has 0 aliphatic heterocycles. The lowest BCUT2D eigenvalue weighted by Gasteiger charge is -2.13. The third-order valence-corrected chi connectivity index (χ3v) is 5.81. The van der Waals surface area contributed by atoms with Crippen LogP contribution < -0.4 is 5.32 Å². The third-order valence-electron chi connectivity index (χ3n) is 5.81.